The highest BCUT2D eigenvalue weighted by Crippen LogP contribution is 2.39. The van der Waals surface area contributed by atoms with Crippen molar-refractivity contribution in [1.29, 1.82) is 0 Å². The van der Waals surface area contributed by atoms with E-state index in [4.69, 9.17) is 0 Å². The number of aromatic nitrogens is 4. The molecule has 1 aliphatic carbocycles. The van der Waals surface area contributed by atoms with E-state index in [-0.39, 0.29) is 11.3 Å². The number of carbonyl (C=O) groups excluding carboxylic acids is 1. The van der Waals surface area contributed by atoms with Crippen LogP contribution in [0.5, 0.6) is 0 Å². The Hall–Kier alpha value is -3.54. The molecule has 0 saturated heterocycles. The molecule has 1 amide bonds. The van der Waals surface area contributed by atoms with Gasteiger partial charge in [0.2, 0.25) is 5.95 Å². The number of aryl methyl sites for hydroxylation is 1. The first-order valence-corrected chi connectivity index (χ1v) is 11.3. The van der Waals surface area contributed by atoms with Crippen molar-refractivity contribution in [2.24, 2.45) is 0 Å². The second-order valence-corrected chi connectivity index (χ2v) is 8.69. The number of rotatable bonds is 5. The van der Waals surface area contributed by atoms with E-state index in [0.717, 1.165) is 29.4 Å². The Kier molecular flexibility index (Phi) is 5.43. The molecular formula is C26H27N5O. The van der Waals surface area contributed by atoms with Crippen molar-refractivity contribution in [2.75, 3.05) is 6.54 Å². The maximum Gasteiger partial charge on any atom is 0.253 e. The van der Waals surface area contributed by atoms with Crippen molar-refractivity contribution < 1.29 is 4.79 Å². The number of carbonyl (C=O) groups is 1. The summed E-state index contributed by atoms with van der Waals surface area (Å²) in [4.78, 5) is 26.6. The summed E-state index contributed by atoms with van der Waals surface area (Å²) in [7, 11) is 0. The van der Waals surface area contributed by atoms with Crippen LogP contribution in [0.15, 0.2) is 67.3 Å². The monoisotopic (exact) mass is 425 g/mol. The molecule has 0 radical (unpaired) electrons. The summed E-state index contributed by atoms with van der Waals surface area (Å²) in [5, 5.41) is 4.15. The van der Waals surface area contributed by atoms with Gasteiger partial charge in [-0.05, 0) is 43.5 Å². The van der Waals surface area contributed by atoms with Crippen molar-refractivity contribution in [3.63, 3.8) is 0 Å². The molecule has 3 aromatic heterocycles. The van der Waals surface area contributed by atoms with Gasteiger partial charge < -0.3 is 5.32 Å². The van der Waals surface area contributed by atoms with E-state index in [0.29, 0.717) is 18.1 Å². The molecule has 5 rings (SSSR count). The van der Waals surface area contributed by atoms with E-state index in [1.54, 1.807) is 18.5 Å². The van der Waals surface area contributed by atoms with E-state index in [1.807, 2.05) is 48.1 Å². The molecule has 3 heterocycles. The van der Waals surface area contributed by atoms with Gasteiger partial charge in [0.15, 0.2) is 0 Å². The van der Waals surface area contributed by atoms with Gasteiger partial charge in [-0.15, -0.1) is 0 Å². The maximum atomic E-state index is 13.4. The molecule has 1 aliphatic rings. The fourth-order valence-corrected chi connectivity index (χ4v) is 4.86. The zero-order valence-corrected chi connectivity index (χ0v) is 18.3. The summed E-state index contributed by atoms with van der Waals surface area (Å²) >= 11 is 0. The van der Waals surface area contributed by atoms with Gasteiger partial charge in [0, 0.05) is 47.8 Å². The summed E-state index contributed by atoms with van der Waals surface area (Å²) in [5.74, 6) is 0.484. The molecule has 0 atom stereocenters. The number of nitrogens with one attached hydrogen (secondary N) is 1. The summed E-state index contributed by atoms with van der Waals surface area (Å²) in [5.41, 5.74) is 3.73. The fourth-order valence-electron chi connectivity index (χ4n) is 4.86. The number of hydrogen-bond acceptors (Lipinski definition) is 4. The Morgan fingerprint density at radius 2 is 1.78 bits per heavy atom. The van der Waals surface area contributed by atoms with Gasteiger partial charge in [-0.2, -0.15) is 0 Å². The normalized spacial score (nSPS) is 15.5. The highest BCUT2D eigenvalue weighted by atomic mass is 16.1. The molecule has 1 fully saturated rings. The first kappa shape index (κ1) is 20.4. The van der Waals surface area contributed by atoms with Gasteiger partial charge in [0.25, 0.3) is 5.91 Å². The van der Waals surface area contributed by atoms with Crippen LogP contribution in [-0.2, 0) is 5.41 Å². The maximum absolute atomic E-state index is 13.4. The number of pyridine rings is 1. The number of hydrogen-bond donors (Lipinski definition) is 1. The van der Waals surface area contributed by atoms with E-state index >= 15 is 0 Å². The first-order valence-electron chi connectivity index (χ1n) is 11.3. The SMILES string of the molecule is Cc1ccc(C2(CNC(=O)c3cn(-c4ncccn4)c4ccccc34)CCCCC2)cn1. The lowest BCUT2D eigenvalue weighted by Crippen LogP contribution is -2.42. The Morgan fingerprint density at radius 1 is 1.00 bits per heavy atom. The van der Waals surface area contributed by atoms with Crippen LogP contribution < -0.4 is 5.32 Å². The van der Waals surface area contributed by atoms with Crippen molar-refractivity contribution in [3.05, 3.63) is 84.1 Å². The topological polar surface area (TPSA) is 72.7 Å². The van der Waals surface area contributed by atoms with E-state index in [1.165, 1.54) is 24.8 Å². The van der Waals surface area contributed by atoms with Gasteiger partial charge in [-0.1, -0.05) is 43.5 Å². The predicted molar refractivity (Wildman–Crippen MR) is 125 cm³/mol. The molecule has 6 heteroatoms. The molecule has 1 N–H and O–H groups in total. The van der Waals surface area contributed by atoms with Gasteiger partial charge >= 0.3 is 0 Å². The standard InChI is InChI=1S/C26H27N5O/c1-19-10-11-20(16-29-19)26(12-5-2-6-13-26)18-30-24(32)22-17-31(25-27-14-7-15-28-25)23-9-4-3-8-21(22)23/h3-4,7-11,14-17H,2,5-6,12-13,18H2,1H3,(H,30,32). The van der Waals surface area contributed by atoms with Crippen LogP contribution in [0.1, 0.15) is 53.7 Å². The Labute approximate surface area is 187 Å². The first-order chi connectivity index (χ1) is 15.7. The van der Waals surface area contributed by atoms with Crippen LogP contribution in [0, 0.1) is 6.92 Å². The third kappa shape index (κ3) is 3.77. The molecule has 4 aromatic rings. The summed E-state index contributed by atoms with van der Waals surface area (Å²) in [6.45, 7) is 2.61. The molecular weight excluding hydrogens is 398 g/mol. The Balaban J connectivity index is 1.45. The molecule has 6 nitrogen and oxygen atoms in total. The minimum Gasteiger partial charge on any atom is -0.351 e. The van der Waals surface area contributed by atoms with Crippen molar-refractivity contribution in [1.82, 2.24) is 24.8 Å². The average molecular weight is 426 g/mol. The summed E-state index contributed by atoms with van der Waals surface area (Å²) in [6.07, 6.45) is 13.0. The number of fused-ring (bicyclic) bond motifs is 1. The van der Waals surface area contributed by atoms with Gasteiger partial charge in [-0.3, -0.25) is 14.3 Å². The fraction of sp³-hybridized carbons (Fsp3) is 0.308. The van der Waals surface area contributed by atoms with Gasteiger partial charge in [0.1, 0.15) is 0 Å². The zero-order chi connectivity index (χ0) is 22.0. The molecule has 0 spiro atoms. The predicted octanol–water partition coefficient (Wildman–Crippen LogP) is 4.76. The molecule has 1 aromatic carbocycles. The van der Waals surface area contributed by atoms with E-state index < -0.39 is 0 Å². The molecule has 162 valence electrons. The van der Waals surface area contributed by atoms with Crippen LogP contribution in [0.4, 0.5) is 0 Å². The molecule has 0 unspecified atom stereocenters. The largest absolute Gasteiger partial charge is 0.351 e. The van der Waals surface area contributed by atoms with Crippen LogP contribution in [-0.4, -0.2) is 32.0 Å². The molecule has 0 bridgehead atoms. The van der Waals surface area contributed by atoms with Crippen molar-refractivity contribution in [3.8, 4) is 5.95 Å². The lowest BCUT2D eigenvalue weighted by molar-refractivity contribution is 0.0938. The molecule has 1 saturated carbocycles. The lowest BCUT2D eigenvalue weighted by atomic mass is 9.69. The quantitative estimate of drug-likeness (QED) is 0.501. The number of benzene rings is 1. The third-order valence-electron chi connectivity index (χ3n) is 6.65. The average Bonchev–Trinajstić information content (AvgIpc) is 3.24. The number of nitrogens with zero attached hydrogens (tertiary/aromatic N) is 4. The smallest absolute Gasteiger partial charge is 0.253 e. The summed E-state index contributed by atoms with van der Waals surface area (Å²) < 4.78 is 1.88. The molecule has 0 aliphatic heterocycles. The van der Waals surface area contributed by atoms with Crippen molar-refractivity contribution in [2.45, 2.75) is 44.4 Å². The van der Waals surface area contributed by atoms with Crippen LogP contribution in [0.3, 0.4) is 0 Å². The zero-order valence-electron chi connectivity index (χ0n) is 18.3. The Morgan fingerprint density at radius 3 is 2.53 bits per heavy atom. The van der Waals surface area contributed by atoms with Crippen LogP contribution in [0.25, 0.3) is 16.9 Å². The van der Waals surface area contributed by atoms with Gasteiger partial charge in [-0.25, -0.2) is 9.97 Å². The second kappa shape index (κ2) is 8.54. The number of para-hydroxylation sites is 1. The van der Waals surface area contributed by atoms with Crippen LogP contribution in [0.2, 0.25) is 0 Å². The second-order valence-electron chi connectivity index (χ2n) is 8.69. The third-order valence-corrected chi connectivity index (χ3v) is 6.65. The minimum absolute atomic E-state index is 0.0600. The van der Waals surface area contributed by atoms with E-state index in [2.05, 4.69) is 32.4 Å². The molecule has 32 heavy (non-hydrogen) atoms. The summed E-state index contributed by atoms with van der Waals surface area (Å²) in [6, 6.07) is 13.9. The highest BCUT2D eigenvalue weighted by molar-refractivity contribution is 6.07. The highest BCUT2D eigenvalue weighted by Gasteiger charge is 2.35. The van der Waals surface area contributed by atoms with Crippen molar-refractivity contribution >= 4 is 16.8 Å². The van der Waals surface area contributed by atoms with Gasteiger partial charge in [0.05, 0.1) is 11.1 Å². The van der Waals surface area contributed by atoms with Crippen LogP contribution >= 0.6 is 0 Å². The Bertz CT molecular complexity index is 1220. The van der Waals surface area contributed by atoms with E-state index in [9.17, 15) is 4.79 Å². The number of amides is 1. The minimum atomic E-state index is -0.0686. The lowest BCUT2D eigenvalue weighted by Gasteiger charge is -2.38.